The molecule has 5 heteroatoms. The molecule has 5 nitrogen and oxygen atoms in total. The van der Waals surface area contributed by atoms with Crippen molar-refractivity contribution in [3.05, 3.63) is 12.3 Å². The second-order valence-corrected chi connectivity index (χ2v) is 4.10. The quantitative estimate of drug-likeness (QED) is 0.756. The topological polar surface area (TPSA) is 56.1 Å². The van der Waals surface area contributed by atoms with Gasteiger partial charge in [0.1, 0.15) is 5.82 Å². The van der Waals surface area contributed by atoms with Crippen molar-refractivity contribution in [3.8, 4) is 0 Å². The Morgan fingerprint density at radius 3 is 2.80 bits per heavy atom. The Kier molecular flexibility index (Phi) is 3.34. The van der Waals surface area contributed by atoms with Gasteiger partial charge in [-0.15, -0.1) is 0 Å². The molecule has 84 valence electrons. The maximum Gasteiger partial charge on any atom is 0.313 e. The van der Waals surface area contributed by atoms with Crippen molar-refractivity contribution < 1.29 is 9.53 Å². The molecule has 0 saturated carbocycles. The molecule has 0 radical (unpaired) electrons. The zero-order valence-corrected chi connectivity index (χ0v) is 9.57. The predicted octanol–water partition coefficient (Wildman–Crippen LogP) is 1.03. The summed E-state index contributed by atoms with van der Waals surface area (Å²) in [5.41, 5.74) is -0.549. The highest BCUT2D eigenvalue weighted by Gasteiger charge is 2.28. The summed E-state index contributed by atoms with van der Waals surface area (Å²) in [7, 11) is 3.24. The summed E-state index contributed by atoms with van der Waals surface area (Å²) in [6.45, 7) is 4.15. The number of carbonyl (C=O) groups excluding carboxylic acids is 1. The number of ether oxygens (including phenoxy) is 1. The van der Waals surface area contributed by atoms with Gasteiger partial charge in [0.15, 0.2) is 0 Å². The molecule has 0 bridgehead atoms. The van der Waals surface area contributed by atoms with Gasteiger partial charge in [0.05, 0.1) is 12.5 Å². The molecule has 1 aromatic rings. The van der Waals surface area contributed by atoms with Crippen LogP contribution in [0.25, 0.3) is 0 Å². The average molecular weight is 211 g/mol. The molecule has 0 unspecified atom stereocenters. The van der Waals surface area contributed by atoms with Crippen molar-refractivity contribution in [1.82, 2.24) is 9.78 Å². The Morgan fingerprint density at radius 1 is 1.67 bits per heavy atom. The Balaban J connectivity index is 2.53. The van der Waals surface area contributed by atoms with Crippen molar-refractivity contribution in [2.45, 2.75) is 13.8 Å². The van der Waals surface area contributed by atoms with Crippen LogP contribution in [0.1, 0.15) is 13.8 Å². The Bertz CT molecular complexity index is 344. The summed E-state index contributed by atoms with van der Waals surface area (Å²) in [5, 5.41) is 7.24. The highest BCUT2D eigenvalue weighted by Crippen LogP contribution is 2.17. The van der Waals surface area contributed by atoms with E-state index in [0.717, 1.165) is 5.82 Å². The number of esters is 1. The summed E-state index contributed by atoms with van der Waals surface area (Å²) in [4.78, 5) is 11.4. The summed E-state index contributed by atoms with van der Waals surface area (Å²) >= 11 is 0. The van der Waals surface area contributed by atoms with E-state index in [4.69, 9.17) is 4.74 Å². The fourth-order valence-corrected chi connectivity index (χ4v) is 1.17. The number of methoxy groups -OCH3 is 1. The van der Waals surface area contributed by atoms with Crippen LogP contribution >= 0.6 is 0 Å². The van der Waals surface area contributed by atoms with Gasteiger partial charge in [-0.25, -0.2) is 0 Å². The molecular weight excluding hydrogens is 194 g/mol. The maximum atomic E-state index is 11.4. The van der Waals surface area contributed by atoms with Gasteiger partial charge >= 0.3 is 5.97 Å². The standard InChI is InChI=1S/C10H17N3O2/c1-10(2,9(14)15-4)7-11-8-5-6-13(3)12-8/h5-6H,7H2,1-4H3,(H,11,12). The lowest BCUT2D eigenvalue weighted by atomic mass is 9.94. The van der Waals surface area contributed by atoms with E-state index in [2.05, 4.69) is 10.4 Å². The van der Waals surface area contributed by atoms with E-state index in [-0.39, 0.29) is 5.97 Å². The summed E-state index contributed by atoms with van der Waals surface area (Å²) < 4.78 is 6.41. The van der Waals surface area contributed by atoms with Crippen LogP contribution in [-0.4, -0.2) is 29.4 Å². The van der Waals surface area contributed by atoms with E-state index < -0.39 is 5.41 Å². The first kappa shape index (κ1) is 11.6. The van der Waals surface area contributed by atoms with Crippen molar-refractivity contribution in [2.24, 2.45) is 12.5 Å². The largest absolute Gasteiger partial charge is 0.469 e. The van der Waals surface area contributed by atoms with Gasteiger partial charge in [-0.3, -0.25) is 9.48 Å². The molecule has 0 aliphatic heterocycles. The number of nitrogens with one attached hydrogen (secondary N) is 1. The predicted molar refractivity (Wildman–Crippen MR) is 57.5 cm³/mol. The van der Waals surface area contributed by atoms with E-state index in [1.165, 1.54) is 7.11 Å². The van der Waals surface area contributed by atoms with Crippen molar-refractivity contribution >= 4 is 11.8 Å². The molecule has 0 spiro atoms. The normalized spacial score (nSPS) is 11.2. The fraction of sp³-hybridized carbons (Fsp3) is 0.600. The highest BCUT2D eigenvalue weighted by atomic mass is 16.5. The first-order valence-corrected chi connectivity index (χ1v) is 4.77. The first-order chi connectivity index (χ1) is 6.95. The Hall–Kier alpha value is -1.52. The van der Waals surface area contributed by atoms with E-state index in [1.54, 1.807) is 4.68 Å². The minimum absolute atomic E-state index is 0.231. The fourth-order valence-electron chi connectivity index (χ4n) is 1.17. The molecule has 1 rings (SSSR count). The van der Waals surface area contributed by atoms with Crippen molar-refractivity contribution in [3.63, 3.8) is 0 Å². The molecule has 1 heterocycles. The zero-order valence-electron chi connectivity index (χ0n) is 9.57. The van der Waals surface area contributed by atoms with E-state index >= 15 is 0 Å². The van der Waals surface area contributed by atoms with E-state index in [1.807, 2.05) is 33.2 Å². The molecule has 0 saturated heterocycles. The van der Waals surface area contributed by atoms with Gasteiger partial charge in [-0.1, -0.05) is 0 Å². The summed E-state index contributed by atoms with van der Waals surface area (Å²) in [6.07, 6.45) is 1.84. The molecule has 0 fully saturated rings. The van der Waals surface area contributed by atoms with Gasteiger partial charge in [0.2, 0.25) is 0 Å². The lowest BCUT2D eigenvalue weighted by Crippen LogP contribution is -2.33. The number of hydrogen-bond acceptors (Lipinski definition) is 4. The number of rotatable bonds is 4. The summed E-state index contributed by atoms with van der Waals surface area (Å²) in [5.74, 6) is 0.528. The van der Waals surface area contributed by atoms with Crippen LogP contribution in [0.4, 0.5) is 5.82 Å². The average Bonchev–Trinajstić information content (AvgIpc) is 2.60. The third kappa shape index (κ3) is 2.97. The molecular formula is C10H17N3O2. The van der Waals surface area contributed by atoms with Crippen LogP contribution in [0.3, 0.4) is 0 Å². The van der Waals surface area contributed by atoms with Gasteiger partial charge in [-0.2, -0.15) is 5.10 Å². The number of carbonyl (C=O) groups is 1. The number of hydrogen-bond donors (Lipinski definition) is 1. The van der Waals surface area contributed by atoms with Crippen LogP contribution in [0.5, 0.6) is 0 Å². The molecule has 0 amide bonds. The molecule has 1 N–H and O–H groups in total. The minimum Gasteiger partial charge on any atom is -0.469 e. The number of anilines is 1. The van der Waals surface area contributed by atoms with Gasteiger partial charge in [0, 0.05) is 25.9 Å². The van der Waals surface area contributed by atoms with Crippen molar-refractivity contribution in [2.75, 3.05) is 19.0 Å². The first-order valence-electron chi connectivity index (χ1n) is 4.77. The van der Waals surface area contributed by atoms with Crippen LogP contribution in [0.2, 0.25) is 0 Å². The van der Waals surface area contributed by atoms with Crippen LogP contribution in [0, 0.1) is 5.41 Å². The maximum absolute atomic E-state index is 11.4. The lowest BCUT2D eigenvalue weighted by molar-refractivity contribution is -0.149. The van der Waals surface area contributed by atoms with Crippen LogP contribution in [0.15, 0.2) is 12.3 Å². The molecule has 0 aromatic carbocycles. The monoisotopic (exact) mass is 211 g/mol. The van der Waals surface area contributed by atoms with Crippen LogP contribution in [-0.2, 0) is 16.6 Å². The smallest absolute Gasteiger partial charge is 0.313 e. The van der Waals surface area contributed by atoms with E-state index in [9.17, 15) is 4.79 Å². The van der Waals surface area contributed by atoms with Gasteiger partial charge < -0.3 is 10.1 Å². The Labute approximate surface area is 89.4 Å². The van der Waals surface area contributed by atoms with Crippen LogP contribution < -0.4 is 5.32 Å². The second-order valence-electron chi connectivity index (χ2n) is 4.10. The minimum atomic E-state index is -0.549. The van der Waals surface area contributed by atoms with E-state index in [0.29, 0.717) is 6.54 Å². The summed E-state index contributed by atoms with van der Waals surface area (Å²) in [6, 6.07) is 1.85. The Morgan fingerprint density at radius 2 is 2.33 bits per heavy atom. The third-order valence-electron chi connectivity index (χ3n) is 2.16. The molecule has 1 aromatic heterocycles. The number of nitrogens with zero attached hydrogens (tertiary/aromatic N) is 2. The molecule has 0 aliphatic carbocycles. The second kappa shape index (κ2) is 4.33. The SMILES string of the molecule is COC(=O)C(C)(C)CNc1ccn(C)n1. The lowest BCUT2D eigenvalue weighted by Gasteiger charge is -2.21. The number of aryl methyl sites for hydroxylation is 1. The third-order valence-corrected chi connectivity index (χ3v) is 2.16. The molecule has 0 aliphatic rings. The van der Waals surface area contributed by atoms with Gasteiger partial charge in [-0.05, 0) is 13.8 Å². The number of aromatic nitrogens is 2. The molecule has 0 atom stereocenters. The zero-order chi connectivity index (χ0) is 11.5. The van der Waals surface area contributed by atoms with Crippen molar-refractivity contribution in [1.29, 1.82) is 0 Å². The molecule has 15 heavy (non-hydrogen) atoms. The highest BCUT2D eigenvalue weighted by molar-refractivity contribution is 5.76. The van der Waals surface area contributed by atoms with Gasteiger partial charge in [0.25, 0.3) is 0 Å².